The second-order valence-electron chi connectivity index (χ2n) is 6.32. The lowest BCUT2D eigenvalue weighted by molar-refractivity contribution is 0.0518. The first kappa shape index (κ1) is 16.3. The van der Waals surface area contributed by atoms with Crippen molar-refractivity contribution in [2.75, 3.05) is 7.11 Å². The van der Waals surface area contributed by atoms with E-state index >= 15 is 0 Å². The van der Waals surface area contributed by atoms with Gasteiger partial charge in [0.15, 0.2) is 0 Å². The Labute approximate surface area is 152 Å². The fraction of sp³-hybridized carbons (Fsp3) is 0.182. The first-order chi connectivity index (χ1) is 12.8. The molecule has 0 unspecified atom stereocenters. The molecule has 3 aromatic rings. The lowest BCUT2D eigenvalue weighted by atomic mass is 9.90. The third-order valence-corrected chi connectivity index (χ3v) is 4.74. The number of hydrogen-bond acceptors (Lipinski definition) is 4. The Hall–Kier alpha value is -3.14. The molecule has 0 bridgehead atoms. The number of ether oxygens (including phenoxy) is 1. The van der Waals surface area contributed by atoms with Gasteiger partial charge in [-0.3, -0.25) is 0 Å². The molecule has 4 nitrogen and oxygen atoms in total. The molecule has 0 aliphatic heterocycles. The van der Waals surface area contributed by atoms with Gasteiger partial charge in [0.05, 0.1) is 18.4 Å². The summed E-state index contributed by atoms with van der Waals surface area (Å²) >= 11 is 0. The molecule has 0 fully saturated rings. The van der Waals surface area contributed by atoms with Crippen LogP contribution in [0, 0.1) is 0 Å². The summed E-state index contributed by atoms with van der Waals surface area (Å²) in [5, 5.41) is 6.06. The molecule has 0 saturated carbocycles. The predicted octanol–water partition coefficient (Wildman–Crippen LogP) is 4.75. The van der Waals surface area contributed by atoms with Crippen molar-refractivity contribution >= 4 is 22.5 Å². The molecule has 0 N–H and O–H groups in total. The second-order valence-corrected chi connectivity index (χ2v) is 6.32. The summed E-state index contributed by atoms with van der Waals surface area (Å²) in [5.41, 5.74) is 3.52. The van der Waals surface area contributed by atoms with Crippen molar-refractivity contribution < 1.29 is 14.4 Å². The highest BCUT2D eigenvalue weighted by molar-refractivity contribution is 6.06. The molecule has 0 saturated heterocycles. The molecule has 26 heavy (non-hydrogen) atoms. The largest absolute Gasteiger partial charge is 0.497 e. The highest BCUT2D eigenvalue weighted by Gasteiger charge is 2.18. The SMILES string of the molecule is COc1ccc2c(c1)/C(=N\OC(=O)c1cccc3ccccc13)CCC2. The molecule has 4 rings (SSSR count). The van der Waals surface area contributed by atoms with Crippen molar-refractivity contribution in [3.05, 3.63) is 77.4 Å². The van der Waals surface area contributed by atoms with Crippen LogP contribution in [0.25, 0.3) is 10.8 Å². The van der Waals surface area contributed by atoms with E-state index in [-0.39, 0.29) is 0 Å². The maximum absolute atomic E-state index is 12.6. The van der Waals surface area contributed by atoms with Crippen LogP contribution in [0.15, 0.2) is 65.8 Å². The quantitative estimate of drug-likeness (QED) is 0.508. The molecule has 0 aromatic heterocycles. The molecule has 0 radical (unpaired) electrons. The van der Waals surface area contributed by atoms with Crippen LogP contribution in [0.3, 0.4) is 0 Å². The fourth-order valence-corrected chi connectivity index (χ4v) is 3.39. The van der Waals surface area contributed by atoms with E-state index in [0.717, 1.165) is 47.1 Å². The summed E-state index contributed by atoms with van der Waals surface area (Å²) in [5.74, 6) is 0.336. The van der Waals surface area contributed by atoms with Crippen LogP contribution in [0.1, 0.15) is 34.3 Å². The molecular formula is C22H19NO3. The molecule has 130 valence electrons. The topological polar surface area (TPSA) is 47.9 Å². The summed E-state index contributed by atoms with van der Waals surface area (Å²) in [6.45, 7) is 0. The van der Waals surface area contributed by atoms with E-state index in [2.05, 4.69) is 11.2 Å². The average molecular weight is 345 g/mol. The number of nitrogens with zero attached hydrogens (tertiary/aromatic N) is 1. The number of carbonyl (C=O) groups is 1. The number of aryl methyl sites for hydroxylation is 1. The molecular weight excluding hydrogens is 326 g/mol. The van der Waals surface area contributed by atoms with Crippen LogP contribution in [0.2, 0.25) is 0 Å². The highest BCUT2D eigenvalue weighted by Crippen LogP contribution is 2.26. The summed E-state index contributed by atoms with van der Waals surface area (Å²) in [4.78, 5) is 17.9. The van der Waals surface area contributed by atoms with E-state index in [9.17, 15) is 4.79 Å². The molecule has 4 heteroatoms. The monoisotopic (exact) mass is 345 g/mol. The summed E-state index contributed by atoms with van der Waals surface area (Å²) < 4.78 is 5.31. The van der Waals surface area contributed by atoms with Gasteiger partial charge < -0.3 is 9.57 Å². The van der Waals surface area contributed by atoms with Crippen molar-refractivity contribution in [2.24, 2.45) is 5.16 Å². The van der Waals surface area contributed by atoms with Crippen LogP contribution in [-0.4, -0.2) is 18.8 Å². The Kier molecular flexibility index (Phi) is 4.40. The number of oxime groups is 1. The van der Waals surface area contributed by atoms with Gasteiger partial charge in [-0.25, -0.2) is 4.79 Å². The van der Waals surface area contributed by atoms with Crippen LogP contribution in [-0.2, 0) is 11.3 Å². The van der Waals surface area contributed by atoms with E-state index in [0.29, 0.717) is 5.56 Å². The first-order valence-electron chi connectivity index (χ1n) is 8.69. The van der Waals surface area contributed by atoms with E-state index < -0.39 is 5.97 Å². The van der Waals surface area contributed by atoms with Gasteiger partial charge in [-0.2, -0.15) is 0 Å². The molecule has 0 heterocycles. The Balaban J connectivity index is 1.64. The fourth-order valence-electron chi connectivity index (χ4n) is 3.39. The van der Waals surface area contributed by atoms with Crippen LogP contribution in [0.5, 0.6) is 5.75 Å². The number of benzene rings is 3. The minimum Gasteiger partial charge on any atom is -0.497 e. The zero-order valence-corrected chi connectivity index (χ0v) is 14.6. The highest BCUT2D eigenvalue weighted by atomic mass is 16.7. The molecule has 1 aliphatic rings. The Bertz CT molecular complexity index is 1000. The van der Waals surface area contributed by atoms with Gasteiger partial charge >= 0.3 is 5.97 Å². The van der Waals surface area contributed by atoms with Crippen LogP contribution < -0.4 is 4.74 Å². The Morgan fingerprint density at radius 3 is 2.73 bits per heavy atom. The summed E-state index contributed by atoms with van der Waals surface area (Å²) in [6, 6.07) is 19.3. The third kappa shape index (κ3) is 3.06. The maximum Gasteiger partial charge on any atom is 0.366 e. The zero-order chi connectivity index (χ0) is 17.9. The minimum absolute atomic E-state index is 0.440. The zero-order valence-electron chi connectivity index (χ0n) is 14.6. The average Bonchev–Trinajstić information content (AvgIpc) is 2.71. The number of hydrogen-bond donors (Lipinski definition) is 0. The lowest BCUT2D eigenvalue weighted by Crippen LogP contribution is -2.14. The first-order valence-corrected chi connectivity index (χ1v) is 8.69. The van der Waals surface area contributed by atoms with Crippen molar-refractivity contribution in [3.63, 3.8) is 0 Å². The second kappa shape index (κ2) is 7.00. The molecule has 0 amide bonds. The van der Waals surface area contributed by atoms with Gasteiger partial charge in [-0.05, 0) is 53.8 Å². The van der Waals surface area contributed by atoms with Crippen molar-refractivity contribution in [1.82, 2.24) is 0 Å². The van der Waals surface area contributed by atoms with Gasteiger partial charge in [-0.15, -0.1) is 0 Å². The summed E-state index contributed by atoms with van der Waals surface area (Å²) in [7, 11) is 1.64. The predicted molar refractivity (Wildman–Crippen MR) is 102 cm³/mol. The van der Waals surface area contributed by atoms with Crippen molar-refractivity contribution in [2.45, 2.75) is 19.3 Å². The van der Waals surface area contributed by atoms with E-state index in [1.54, 1.807) is 13.2 Å². The normalized spacial score (nSPS) is 14.9. The minimum atomic E-state index is -0.440. The van der Waals surface area contributed by atoms with E-state index in [1.165, 1.54) is 5.56 Å². The molecule has 1 aliphatic carbocycles. The van der Waals surface area contributed by atoms with Gasteiger partial charge in [0.1, 0.15) is 5.75 Å². The van der Waals surface area contributed by atoms with Crippen molar-refractivity contribution in [1.29, 1.82) is 0 Å². The molecule has 0 atom stereocenters. The maximum atomic E-state index is 12.6. The third-order valence-electron chi connectivity index (χ3n) is 4.74. The summed E-state index contributed by atoms with van der Waals surface area (Å²) in [6.07, 6.45) is 2.77. The standard InChI is InChI=1S/C22H19NO3/c1-25-17-13-12-16-8-5-11-21(20(16)14-17)23-26-22(24)19-10-4-7-15-6-2-3-9-18(15)19/h2-4,6-7,9-10,12-14H,5,8,11H2,1H3/b23-21-. The number of rotatable bonds is 3. The van der Waals surface area contributed by atoms with Gasteiger partial charge in [0, 0.05) is 5.56 Å². The van der Waals surface area contributed by atoms with Gasteiger partial charge in [-0.1, -0.05) is 47.6 Å². The number of carbonyl (C=O) groups excluding carboxylic acids is 1. The van der Waals surface area contributed by atoms with Crippen molar-refractivity contribution in [3.8, 4) is 5.75 Å². The van der Waals surface area contributed by atoms with E-state index in [4.69, 9.17) is 9.57 Å². The molecule has 3 aromatic carbocycles. The van der Waals surface area contributed by atoms with Crippen LogP contribution in [0.4, 0.5) is 0 Å². The molecule has 0 spiro atoms. The van der Waals surface area contributed by atoms with Gasteiger partial charge in [0.2, 0.25) is 0 Å². The Morgan fingerprint density at radius 2 is 1.85 bits per heavy atom. The van der Waals surface area contributed by atoms with E-state index in [1.807, 2.05) is 48.5 Å². The smallest absolute Gasteiger partial charge is 0.366 e. The number of methoxy groups -OCH3 is 1. The van der Waals surface area contributed by atoms with Crippen LogP contribution >= 0.6 is 0 Å². The number of fused-ring (bicyclic) bond motifs is 2. The lowest BCUT2D eigenvalue weighted by Gasteiger charge is -2.18. The Morgan fingerprint density at radius 1 is 1.00 bits per heavy atom. The van der Waals surface area contributed by atoms with Gasteiger partial charge in [0.25, 0.3) is 0 Å².